The molecule has 118 valence electrons. The molecule has 2 rings (SSSR count). The zero-order valence-electron chi connectivity index (χ0n) is 12.5. The van der Waals surface area contributed by atoms with Crippen molar-refractivity contribution < 1.29 is 18.6 Å². The molecular formula is C17H14F2N2O2. The number of phenolic OH excluding ortho intramolecular Hbond substituents is 1. The summed E-state index contributed by atoms with van der Waals surface area (Å²) in [5, 5.41) is 25.4. The molecule has 0 saturated carbocycles. The maximum atomic E-state index is 13.1. The molecule has 0 aliphatic heterocycles. The highest BCUT2D eigenvalue weighted by atomic mass is 19.1. The van der Waals surface area contributed by atoms with Gasteiger partial charge in [0, 0.05) is 0 Å². The maximum absolute atomic E-state index is 13.1. The van der Waals surface area contributed by atoms with E-state index < -0.39 is 17.4 Å². The molecule has 0 radical (unpaired) electrons. The second-order valence-corrected chi connectivity index (χ2v) is 4.70. The number of phenols is 1. The number of nitriles is 2. The van der Waals surface area contributed by atoms with Gasteiger partial charge in [0.1, 0.15) is 0 Å². The van der Waals surface area contributed by atoms with Gasteiger partial charge >= 0.3 is 0 Å². The van der Waals surface area contributed by atoms with Gasteiger partial charge in [-0.05, 0) is 50.2 Å². The van der Waals surface area contributed by atoms with Crippen molar-refractivity contribution in [2.45, 2.75) is 20.0 Å². The minimum absolute atomic E-state index is 0.0672. The monoisotopic (exact) mass is 316 g/mol. The van der Waals surface area contributed by atoms with Gasteiger partial charge in [-0.25, -0.2) is 8.78 Å². The first-order valence-electron chi connectivity index (χ1n) is 6.62. The summed E-state index contributed by atoms with van der Waals surface area (Å²) in [5.74, 6) is -1.50. The molecule has 23 heavy (non-hydrogen) atoms. The van der Waals surface area contributed by atoms with Gasteiger partial charge in [-0.3, -0.25) is 0 Å². The van der Waals surface area contributed by atoms with E-state index in [0.717, 1.165) is 18.2 Å². The van der Waals surface area contributed by atoms with Gasteiger partial charge in [0.05, 0.1) is 29.4 Å². The third kappa shape index (κ3) is 5.64. The van der Waals surface area contributed by atoms with Gasteiger partial charge in [0.25, 0.3) is 0 Å². The first kappa shape index (κ1) is 17.9. The summed E-state index contributed by atoms with van der Waals surface area (Å²) in [6.07, 6.45) is -0.0672. The Morgan fingerprint density at radius 1 is 0.957 bits per heavy atom. The molecule has 0 aliphatic rings. The SMILES string of the molecule is CC(C)Oc1ccc(C#N)cc1F.N#Cc1ccc(O)c(F)c1. The quantitative estimate of drug-likeness (QED) is 0.912. The predicted molar refractivity (Wildman–Crippen MR) is 79.7 cm³/mol. The van der Waals surface area contributed by atoms with Crippen LogP contribution in [0.1, 0.15) is 25.0 Å². The molecule has 0 fully saturated rings. The largest absolute Gasteiger partial charge is 0.505 e. The molecule has 0 saturated heterocycles. The van der Waals surface area contributed by atoms with Crippen molar-refractivity contribution in [2.75, 3.05) is 0 Å². The zero-order chi connectivity index (χ0) is 17.4. The van der Waals surface area contributed by atoms with Crippen LogP contribution in [0.3, 0.4) is 0 Å². The summed E-state index contributed by atoms with van der Waals surface area (Å²) in [5.41, 5.74) is 0.504. The van der Waals surface area contributed by atoms with Crippen molar-refractivity contribution in [3.05, 3.63) is 59.2 Å². The lowest BCUT2D eigenvalue weighted by Gasteiger charge is -2.09. The molecule has 1 N–H and O–H groups in total. The molecule has 0 spiro atoms. The Balaban J connectivity index is 0.000000238. The normalized spacial score (nSPS) is 9.35. The van der Waals surface area contributed by atoms with E-state index in [0.29, 0.717) is 5.56 Å². The highest BCUT2D eigenvalue weighted by molar-refractivity contribution is 5.36. The van der Waals surface area contributed by atoms with Crippen molar-refractivity contribution >= 4 is 0 Å². The molecule has 0 amide bonds. The predicted octanol–water partition coefficient (Wildman–Crippen LogP) is 3.89. The zero-order valence-corrected chi connectivity index (χ0v) is 12.5. The molecular weight excluding hydrogens is 302 g/mol. The smallest absolute Gasteiger partial charge is 0.166 e. The molecule has 4 nitrogen and oxygen atoms in total. The number of benzene rings is 2. The Labute approximate surface area is 132 Å². The molecule has 2 aromatic rings. The van der Waals surface area contributed by atoms with Crippen molar-refractivity contribution in [1.82, 2.24) is 0 Å². The summed E-state index contributed by atoms with van der Waals surface area (Å²) in [6, 6.07) is 11.2. The first-order valence-corrected chi connectivity index (χ1v) is 6.62. The highest BCUT2D eigenvalue weighted by Gasteiger charge is 2.05. The van der Waals surface area contributed by atoms with Gasteiger partial charge in [0.2, 0.25) is 0 Å². The molecule has 0 heterocycles. The Kier molecular flexibility index (Phi) is 6.51. The minimum atomic E-state index is -0.765. The average Bonchev–Trinajstić information content (AvgIpc) is 2.52. The van der Waals surface area contributed by atoms with Crippen molar-refractivity contribution in [2.24, 2.45) is 0 Å². The lowest BCUT2D eigenvalue weighted by molar-refractivity contribution is 0.231. The van der Waals surface area contributed by atoms with Gasteiger partial charge in [-0.1, -0.05) is 0 Å². The molecule has 6 heteroatoms. The van der Waals surface area contributed by atoms with Gasteiger partial charge in [-0.15, -0.1) is 0 Å². The van der Waals surface area contributed by atoms with Crippen LogP contribution in [0.2, 0.25) is 0 Å². The van der Waals surface area contributed by atoms with Gasteiger partial charge in [0.15, 0.2) is 23.1 Å². The van der Waals surface area contributed by atoms with Crippen molar-refractivity contribution in [1.29, 1.82) is 10.5 Å². The lowest BCUT2D eigenvalue weighted by atomic mass is 10.2. The van der Waals surface area contributed by atoms with E-state index in [-0.39, 0.29) is 17.4 Å². The molecule has 0 unspecified atom stereocenters. The fourth-order valence-corrected chi connectivity index (χ4v) is 1.50. The van der Waals surface area contributed by atoms with E-state index >= 15 is 0 Å². The van der Waals surface area contributed by atoms with E-state index in [1.165, 1.54) is 18.2 Å². The Hall–Kier alpha value is -3.12. The van der Waals surface area contributed by atoms with E-state index in [1.807, 2.05) is 19.9 Å². The fraction of sp³-hybridized carbons (Fsp3) is 0.176. The van der Waals surface area contributed by atoms with E-state index in [1.54, 1.807) is 6.07 Å². The van der Waals surface area contributed by atoms with Crippen LogP contribution in [-0.4, -0.2) is 11.2 Å². The highest BCUT2D eigenvalue weighted by Crippen LogP contribution is 2.19. The number of nitrogens with zero attached hydrogens (tertiary/aromatic N) is 2. The molecule has 0 aromatic heterocycles. The van der Waals surface area contributed by atoms with Crippen molar-refractivity contribution in [3.8, 4) is 23.6 Å². The number of hydrogen-bond donors (Lipinski definition) is 1. The first-order chi connectivity index (χ1) is 10.9. The number of hydrogen-bond acceptors (Lipinski definition) is 4. The van der Waals surface area contributed by atoms with Gasteiger partial charge < -0.3 is 9.84 Å². The van der Waals surface area contributed by atoms with Crippen LogP contribution in [0.15, 0.2) is 36.4 Å². The minimum Gasteiger partial charge on any atom is -0.505 e. The summed E-state index contributed by atoms with van der Waals surface area (Å²) in [4.78, 5) is 0. The Morgan fingerprint density at radius 2 is 1.48 bits per heavy atom. The fourth-order valence-electron chi connectivity index (χ4n) is 1.50. The third-order valence-electron chi connectivity index (χ3n) is 2.50. The van der Waals surface area contributed by atoms with Crippen LogP contribution >= 0.6 is 0 Å². The summed E-state index contributed by atoms with van der Waals surface area (Å²) < 4.78 is 30.6. The van der Waals surface area contributed by atoms with E-state index in [9.17, 15) is 8.78 Å². The third-order valence-corrected chi connectivity index (χ3v) is 2.50. The number of rotatable bonds is 2. The summed E-state index contributed by atoms with van der Waals surface area (Å²) in [7, 11) is 0. The van der Waals surface area contributed by atoms with Crippen LogP contribution < -0.4 is 4.74 Å². The topological polar surface area (TPSA) is 77.0 Å². The van der Waals surface area contributed by atoms with Crippen LogP contribution in [-0.2, 0) is 0 Å². The molecule has 0 aliphatic carbocycles. The van der Waals surface area contributed by atoms with E-state index in [4.69, 9.17) is 20.4 Å². The second-order valence-electron chi connectivity index (χ2n) is 4.70. The molecule has 0 bridgehead atoms. The van der Waals surface area contributed by atoms with E-state index in [2.05, 4.69) is 0 Å². The molecule has 0 atom stereocenters. The lowest BCUT2D eigenvalue weighted by Crippen LogP contribution is -2.06. The average molecular weight is 316 g/mol. The standard InChI is InChI=1S/C10H10FNO.C7H4FNO/c1-7(2)13-10-4-3-8(6-12)5-9(10)11;8-6-3-5(4-9)1-2-7(6)10/h3-5,7H,1-2H3;1-3,10H. The van der Waals surface area contributed by atoms with Crippen LogP contribution in [0, 0.1) is 34.3 Å². The number of aromatic hydroxyl groups is 1. The summed E-state index contributed by atoms with van der Waals surface area (Å²) in [6.45, 7) is 3.63. The van der Waals surface area contributed by atoms with Crippen molar-refractivity contribution in [3.63, 3.8) is 0 Å². The van der Waals surface area contributed by atoms with Crippen LogP contribution in [0.5, 0.6) is 11.5 Å². The van der Waals surface area contributed by atoms with Crippen LogP contribution in [0.4, 0.5) is 8.78 Å². The number of halogens is 2. The number of ether oxygens (including phenoxy) is 1. The van der Waals surface area contributed by atoms with Gasteiger partial charge in [-0.2, -0.15) is 10.5 Å². The Morgan fingerprint density at radius 3 is 1.91 bits per heavy atom. The maximum Gasteiger partial charge on any atom is 0.166 e. The molecule has 2 aromatic carbocycles. The summed E-state index contributed by atoms with van der Waals surface area (Å²) >= 11 is 0. The second kappa shape index (κ2) is 8.35. The van der Waals surface area contributed by atoms with Crippen LogP contribution in [0.25, 0.3) is 0 Å². The Bertz CT molecular complexity index is 762.